The number of halogens is 1. The minimum absolute atomic E-state index is 0.0775. The van der Waals surface area contributed by atoms with Crippen molar-refractivity contribution in [3.63, 3.8) is 0 Å². The smallest absolute Gasteiger partial charge is 0.275 e. The molecule has 4 rings (SSSR count). The second-order valence-electron chi connectivity index (χ2n) is 8.43. The van der Waals surface area contributed by atoms with Crippen molar-refractivity contribution >= 4 is 26.7 Å². The van der Waals surface area contributed by atoms with Gasteiger partial charge in [0.15, 0.2) is 5.69 Å². The summed E-state index contributed by atoms with van der Waals surface area (Å²) in [5, 5.41) is 5.27. The standard InChI is InChI=1S/C23H25FN4O4S/c1-16(2)15-28-22(29)20-9-4-3-8-19(20)21(25-28)23(30)26-10-12-27(13-11-26)33(31,32)18-7-5-6-17(24)14-18/h3-9,14,16H,10-13,15H2,1-2H3. The molecular formula is C23H25FN4O4S. The van der Waals surface area contributed by atoms with Crippen LogP contribution in [0.5, 0.6) is 0 Å². The number of carbonyl (C=O) groups is 1. The summed E-state index contributed by atoms with van der Waals surface area (Å²) < 4.78 is 41.8. The molecular weight excluding hydrogens is 447 g/mol. The molecule has 0 saturated carbocycles. The van der Waals surface area contributed by atoms with Crippen LogP contribution in [0.25, 0.3) is 10.8 Å². The van der Waals surface area contributed by atoms with Crippen molar-refractivity contribution in [1.29, 1.82) is 0 Å². The van der Waals surface area contributed by atoms with Gasteiger partial charge in [-0.15, -0.1) is 0 Å². The summed E-state index contributed by atoms with van der Waals surface area (Å²) in [4.78, 5) is 27.6. The number of nitrogens with zero attached hydrogens (tertiary/aromatic N) is 4. The minimum Gasteiger partial charge on any atom is -0.335 e. The van der Waals surface area contributed by atoms with E-state index in [0.29, 0.717) is 17.3 Å². The highest BCUT2D eigenvalue weighted by atomic mass is 32.2. The Morgan fingerprint density at radius 2 is 1.70 bits per heavy atom. The van der Waals surface area contributed by atoms with Crippen molar-refractivity contribution in [1.82, 2.24) is 19.0 Å². The highest BCUT2D eigenvalue weighted by molar-refractivity contribution is 7.89. The van der Waals surface area contributed by atoms with Crippen molar-refractivity contribution in [2.75, 3.05) is 26.2 Å². The van der Waals surface area contributed by atoms with Crippen LogP contribution in [0, 0.1) is 11.7 Å². The summed E-state index contributed by atoms with van der Waals surface area (Å²) in [7, 11) is -3.86. The van der Waals surface area contributed by atoms with Crippen LogP contribution in [0.15, 0.2) is 58.2 Å². The van der Waals surface area contributed by atoms with Crippen LogP contribution >= 0.6 is 0 Å². The molecule has 2 aromatic carbocycles. The van der Waals surface area contributed by atoms with E-state index < -0.39 is 15.8 Å². The number of fused-ring (bicyclic) bond motifs is 1. The van der Waals surface area contributed by atoms with Gasteiger partial charge >= 0.3 is 0 Å². The van der Waals surface area contributed by atoms with E-state index in [9.17, 15) is 22.4 Å². The first-order valence-electron chi connectivity index (χ1n) is 10.7. The fourth-order valence-corrected chi connectivity index (χ4v) is 5.37. The molecule has 1 saturated heterocycles. The summed E-state index contributed by atoms with van der Waals surface area (Å²) in [6.07, 6.45) is 0. The summed E-state index contributed by atoms with van der Waals surface area (Å²) in [5.41, 5.74) is -0.0749. The molecule has 2 heterocycles. The van der Waals surface area contributed by atoms with Gasteiger partial charge in [-0.3, -0.25) is 9.59 Å². The van der Waals surface area contributed by atoms with Crippen molar-refractivity contribution in [3.05, 3.63) is 70.4 Å². The zero-order valence-corrected chi connectivity index (χ0v) is 19.3. The summed E-state index contributed by atoms with van der Waals surface area (Å²) in [6.45, 7) is 4.78. The summed E-state index contributed by atoms with van der Waals surface area (Å²) >= 11 is 0. The zero-order chi connectivity index (χ0) is 23.8. The molecule has 33 heavy (non-hydrogen) atoms. The number of hydrogen-bond donors (Lipinski definition) is 0. The Morgan fingerprint density at radius 3 is 2.33 bits per heavy atom. The third-order valence-corrected chi connectivity index (χ3v) is 7.46. The molecule has 0 atom stereocenters. The van der Waals surface area contributed by atoms with Gasteiger partial charge in [0, 0.05) is 38.1 Å². The second-order valence-corrected chi connectivity index (χ2v) is 10.4. The molecule has 0 bridgehead atoms. The van der Waals surface area contributed by atoms with Crippen LogP contribution in [-0.4, -0.2) is 59.5 Å². The van der Waals surface area contributed by atoms with Gasteiger partial charge in [0.05, 0.1) is 10.3 Å². The fourth-order valence-electron chi connectivity index (χ4n) is 3.92. The Morgan fingerprint density at radius 1 is 1.03 bits per heavy atom. The number of hydrogen-bond acceptors (Lipinski definition) is 5. The molecule has 0 N–H and O–H groups in total. The molecule has 1 amide bonds. The Balaban J connectivity index is 1.59. The molecule has 1 aromatic heterocycles. The van der Waals surface area contributed by atoms with Gasteiger partial charge in [-0.25, -0.2) is 17.5 Å². The SMILES string of the molecule is CC(C)Cn1nc(C(=O)N2CCN(S(=O)(=O)c3cccc(F)c3)CC2)c2ccccc2c1=O. The quantitative estimate of drug-likeness (QED) is 0.568. The first-order chi connectivity index (χ1) is 15.7. The topological polar surface area (TPSA) is 92.6 Å². The summed E-state index contributed by atoms with van der Waals surface area (Å²) in [5.74, 6) is -0.818. The second kappa shape index (κ2) is 9.03. The maximum atomic E-state index is 13.5. The van der Waals surface area contributed by atoms with Crippen LogP contribution in [0.1, 0.15) is 24.3 Å². The van der Waals surface area contributed by atoms with E-state index in [0.717, 1.165) is 6.07 Å². The van der Waals surface area contributed by atoms with Crippen LogP contribution in [0.2, 0.25) is 0 Å². The van der Waals surface area contributed by atoms with Crippen LogP contribution in [-0.2, 0) is 16.6 Å². The van der Waals surface area contributed by atoms with Crippen LogP contribution < -0.4 is 5.56 Å². The van der Waals surface area contributed by atoms with Gasteiger partial charge in [0.25, 0.3) is 11.5 Å². The molecule has 1 fully saturated rings. The predicted octanol–water partition coefficient (Wildman–Crippen LogP) is 2.34. The lowest BCUT2D eigenvalue weighted by Crippen LogP contribution is -2.50. The van der Waals surface area contributed by atoms with E-state index in [1.807, 2.05) is 13.8 Å². The van der Waals surface area contributed by atoms with E-state index in [2.05, 4.69) is 5.10 Å². The average molecular weight is 473 g/mol. The molecule has 0 aliphatic carbocycles. The average Bonchev–Trinajstić information content (AvgIpc) is 2.80. The van der Waals surface area contributed by atoms with Gasteiger partial charge in [-0.05, 0) is 30.2 Å². The Hall–Kier alpha value is -3.11. The molecule has 174 valence electrons. The number of rotatable bonds is 5. The van der Waals surface area contributed by atoms with Gasteiger partial charge in [0.2, 0.25) is 10.0 Å². The van der Waals surface area contributed by atoms with Gasteiger partial charge in [0.1, 0.15) is 5.82 Å². The predicted molar refractivity (Wildman–Crippen MR) is 122 cm³/mol. The molecule has 3 aromatic rings. The van der Waals surface area contributed by atoms with Crippen LogP contribution in [0.3, 0.4) is 0 Å². The maximum Gasteiger partial charge on any atom is 0.275 e. The molecule has 1 aliphatic rings. The minimum atomic E-state index is -3.86. The fraction of sp³-hybridized carbons (Fsp3) is 0.348. The monoisotopic (exact) mass is 472 g/mol. The third kappa shape index (κ3) is 4.53. The van der Waals surface area contributed by atoms with Crippen molar-refractivity contribution in [2.45, 2.75) is 25.3 Å². The first-order valence-corrected chi connectivity index (χ1v) is 12.2. The lowest BCUT2D eigenvalue weighted by Gasteiger charge is -2.34. The largest absolute Gasteiger partial charge is 0.335 e. The number of sulfonamides is 1. The van der Waals surface area contributed by atoms with E-state index in [1.165, 1.54) is 32.1 Å². The zero-order valence-electron chi connectivity index (χ0n) is 18.4. The number of amides is 1. The Kier molecular flexibility index (Phi) is 6.31. The number of carbonyl (C=O) groups excluding carboxylic acids is 1. The number of aromatic nitrogens is 2. The summed E-state index contributed by atoms with van der Waals surface area (Å²) in [6, 6.07) is 11.7. The molecule has 0 radical (unpaired) electrons. The van der Waals surface area contributed by atoms with Gasteiger partial charge in [-0.2, -0.15) is 9.40 Å². The lowest BCUT2D eigenvalue weighted by molar-refractivity contribution is 0.0691. The normalized spacial score (nSPS) is 15.3. The van der Waals surface area contributed by atoms with E-state index >= 15 is 0 Å². The molecule has 0 unspecified atom stereocenters. The molecule has 1 aliphatic heterocycles. The third-order valence-electron chi connectivity index (χ3n) is 5.57. The van der Waals surface area contributed by atoms with Crippen molar-refractivity contribution in [2.24, 2.45) is 5.92 Å². The van der Waals surface area contributed by atoms with E-state index in [4.69, 9.17) is 0 Å². The maximum absolute atomic E-state index is 13.5. The van der Waals surface area contributed by atoms with E-state index in [1.54, 1.807) is 24.3 Å². The molecule has 10 heteroatoms. The highest BCUT2D eigenvalue weighted by Crippen LogP contribution is 2.21. The van der Waals surface area contributed by atoms with Crippen molar-refractivity contribution < 1.29 is 17.6 Å². The highest BCUT2D eigenvalue weighted by Gasteiger charge is 2.32. The van der Waals surface area contributed by atoms with Gasteiger partial charge in [-0.1, -0.05) is 38.1 Å². The molecule has 0 spiro atoms. The number of benzene rings is 2. The van der Waals surface area contributed by atoms with Crippen molar-refractivity contribution in [3.8, 4) is 0 Å². The van der Waals surface area contributed by atoms with E-state index in [-0.39, 0.29) is 54.2 Å². The van der Waals surface area contributed by atoms with Gasteiger partial charge < -0.3 is 4.90 Å². The Labute approximate surface area is 191 Å². The Bertz CT molecular complexity index is 1360. The van der Waals surface area contributed by atoms with Crippen LogP contribution in [0.4, 0.5) is 4.39 Å². The lowest BCUT2D eigenvalue weighted by atomic mass is 10.1. The first kappa shape index (κ1) is 23.1. The number of piperazine rings is 1. The molecule has 8 nitrogen and oxygen atoms in total.